The molecule has 0 unspecified atom stereocenters. The molecule has 7 heteroatoms. The molecule has 3 N–H and O–H groups in total. The van der Waals surface area contributed by atoms with Gasteiger partial charge >= 0.3 is 4.87 Å². The van der Waals surface area contributed by atoms with Gasteiger partial charge in [-0.25, -0.2) is 0 Å². The molecule has 0 radical (unpaired) electrons. The van der Waals surface area contributed by atoms with Crippen LogP contribution < -0.4 is 16.2 Å². The summed E-state index contributed by atoms with van der Waals surface area (Å²) in [5.74, 6) is 0.00845. The monoisotopic (exact) mass is 264 g/mol. The summed E-state index contributed by atoms with van der Waals surface area (Å²) in [7, 11) is 0. The lowest BCUT2D eigenvalue weighted by atomic mass is 10.4. The highest BCUT2D eigenvalue weighted by atomic mass is 32.1. The van der Waals surface area contributed by atoms with E-state index in [-0.39, 0.29) is 16.4 Å². The van der Waals surface area contributed by atoms with Crippen LogP contribution in [-0.4, -0.2) is 14.5 Å². The summed E-state index contributed by atoms with van der Waals surface area (Å²) in [5, 5.41) is 0. The Morgan fingerprint density at radius 1 is 1.44 bits per heavy atom. The van der Waals surface area contributed by atoms with Crippen molar-refractivity contribution in [3.8, 4) is 0 Å². The number of hydrogen-bond acceptors (Lipinski definition) is 5. The van der Waals surface area contributed by atoms with E-state index in [0.29, 0.717) is 16.9 Å². The van der Waals surface area contributed by atoms with E-state index in [9.17, 15) is 9.59 Å². The molecule has 0 amide bonds. The van der Waals surface area contributed by atoms with Crippen LogP contribution in [0.1, 0.15) is 6.42 Å². The van der Waals surface area contributed by atoms with Crippen LogP contribution in [-0.2, 0) is 6.54 Å². The van der Waals surface area contributed by atoms with Crippen molar-refractivity contribution in [1.82, 2.24) is 14.5 Å². The predicted molar refractivity (Wildman–Crippen MR) is 72.9 cm³/mol. The fraction of sp³-hybridized carbons (Fsp3) is 0.182. The summed E-state index contributed by atoms with van der Waals surface area (Å²) >= 11 is 0.869. The van der Waals surface area contributed by atoms with Crippen LogP contribution in [0.2, 0.25) is 0 Å². The van der Waals surface area contributed by atoms with Gasteiger partial charge in [0.25, 0.3) is 5.56 Å². The van der Waals surface area contributed by atoms with Crippen molar-refractivity contribution in [1.29, 1.82) is 0 Å². The molecule has 94 valence electrons. The van der Waals surface area contributed by atoms with Crippen LogP contribution in [0.5, 0.6) is 0 Å². The lowest BCUT2D eigenvalue weighted by Crippen LogP contribution is -2.14. The molecule has 2 rings (SSSR count). The van der Waals surface area contributed by atoms with E-state index < -0.39 is 0 Å². The minimum absolute atomic E-state index is 0.00845. The van der Waals surface area contributed by atoms with Gasteiger partial charge in [-0.2, -0.15) is 4.98 Å². The molecular formula is C11H12N4O2S. The maximum Gasteiger partial charge on any atom is 0.309 e. The molecule has 0 aliphatic rings. The molecule has 0 aliphatic heterocycles. The summed E-state index contributed by atoms with van der Waals surface area (Å²) in [6, 6.07) is 0. The van der Waals surface area contributed by atoms with Crippen LogP contribution in [0.3, 0.4) is 0 Å². The van der Waals surface area contributed by atoms with Crippen molar-refractivity contribution >= 4 is 27.6 Å². The zero-order valence-corrected chi connectivity index (χ0v) is 10.4. The Labute approximate surface area is 106 Å². The topological polar surface area (TPSA) is 93.8 Å². The Balaban J connectivity index is 2.50. The Bertz CT molecular complexity index is 723. The molecule has 0 atom stereocenters. The van der Waals surface area contributed by atoms with Crippen molar-refractivity contribution in [2.24, 2.45) is 0 Å². The smallest absolute Gasteiger partial charge is 0.309 e. The number of hydrogen-bond donors (Lipinski definition) is 2. The highest BCUT2D eigenvalue weighted by molar-refractivity contribution is 7.16. The number of allylic oxidation sites excluding steroid dienone is 3. The third kappa shape index (κ3) is 2.25. The van der Waals surface area contributed by atoms with Crippen LogP contribution >= 0.6 is 11.3 Å². The van der Waals surface area contributed by atoms with Crippen LogP contribution in [0.4, 0.5) is 5.95 Å². The summed E-state index contributed by atoms with van der Waals surface area (Å²) < 4.78 is 1.72. The van der Waals surface area contributed by atoms with E-state index >= 15 is 0 Å². The predicted octanol–water partition coefficient (Wildman–Crippen LogP) is 0.861. The SMILES string of the molecule is C=CC/C=C\Cn1c(=O)sc2c(=O)[nH]c(N)nc21. The number of rotatable bonds is 4. The Hall–Kier alpha value is -2.15. The first-order valence-corrected chi connectivity index (χ1v) is 6.10. The maximum absolute atomic E-state index is 11.8. The largest absolute Gasteiger partial charge is 0.369 e. The molecule has 2 heterocycles. The second-order valence-electron chi connectivity index (χ2n) is 3.58. The number of anilines is 1. The third-order valence-electron chi connectivity index (χ3n) is 2.30. The van der Waals surface area contributed by atoms with Gasteiger partial charge in [-0.3, -0.25) is 19.1 Å². The van der Waals surface area contributed by atoms with Gasteiger partial charge in [-0.1, -0.05) is 29.6 Å². The highest BCUT2D eigenvalue weighted by Crippen LogP contribution is 2.10. The molecule has 0 aromatic carbocycles. The zero-order chi connectivity index (χ0) is 13.1. The van der Waals surface area contributed by atoms with Gasteiger partial charge in [-0.15, -0.1) is 6.58 Å². The summed E-state index contributed by atoms with van der Waals surface area (Å²) in [5.41, 5.74) is 5.42. The van der Waals surface area contributed by atoms with Gasteiger partial charge in [-0.05, 0) is 6.42 Å². The molecule has 18 heavy (non-hydrogen) atoms. The first-order valence-electron chi connectivity index (χ1n) is 5.28. The molecule has 0 spiro atoms. The Kier molecular flexibility index (Phi) is 3.42. The van der Waals surface area contributed by atoms with E-state index in [2.05, 4.69) is 16.5 Å². The number of nitrogens with two attached hydrogens (primary N) is 1. The molecular weight excluding hydrogens is 252 g/mol. The first kappa shape index (κ1) is 12.3. The number of aromatic nitrogens is 3. The molecule has 0 saturated carbocycles. The molecule has 6 nitrogen and oxygen atoms in total. The van der Waals surface area contributed by atoms with E-state index in [1.54, 1.807) is 6.08 Å². The average Bonchev–Trinajstić information content (AvgIpc) is 2.62. The lowest BCUT2D eigenvalue weighted by molar-refractivity contribution is 0.823. The molecule has 2 aromatic heterocycles. The molecule has 0 aliphatic carbocycles. The Morgan fingerprint density at radius 3 is 2.94 bits per heavy atom. The Morgan fingerprint density at radius 2 is 2.22 bits per heavy atom. The van der Waals surface area contributed by atoms with E-state index in [1.165, 1.54) is 4.57 Å². The number of fused-ring (bicyclic) bond motifs is 1. The van der Waals surface area contributed by atoms with Gasteiger partial charge in [0.15, 0.2) is 5.65 Å². The van der Waals surface area contributed by atoms with E-state index in [0.717, 1.165) is 17.8 Å². The van der Waals surface area contributed by atoms with Crippen LogP contribution in [0.25, 0.3) is 10.3 Å². The third-order valence-corrected chi connectivity index (χ3v) is 3.27. The molecule has 0 bridgehead atoms. The second-order valence-corrected chi connectivity index (χ2v) is 4.54. The zero-order valence-electron chi connectivity index (χ0n) is 9.55. The van der Waals surface area contributed by atoms with Gasteiger partial charge < -0.3 is 5.73 Å². The fourth-order valence-electron chi connectivity index (χ4n) is 1.50. The quantitative estimate of drug-likeness (QED) is 0.801. The average molecular weight is 264 g/mol. The van der Waals surface area contributed by atoms with Crippen molar-refractivity contribution in [3.63, 3.8) is 0 Å². The highest BCUT2D eigenvalue weighted by Gasteiger charge is 2.11. The first-order chi connectivity index (χ1) is 8.63. The number of H-pyrrole nitrogens is 1. The number of thiazole rings is 1. The minimum atomic E-state index is -0.381. The summed E-state index contributed by atoms with van der Waals surface area (Å²) in [6.45, 7) is 3.96. The van der Waals surface area contributed by atoms with Gasteiger partial charge in [0.05, 0.1) is 0 Å². The number of aromatic amines is 1. The van der Waals surface area contributed by atoms with Crippen LogP contribution in [0.15, 0.2) is 34.4 Å². The van der Waals surface area contributed by atoms with E-state index in [4.69, 9.17) is 5.73 Å². The second kappa shape index (κ2) is 5.01. The lowest BCUT2D eigenvalue weighted by Gasteiger charge is -1.98. The molecule has 0 saturated heterocycles. The minimum Gasteiger partial charge on any atom is -0.369 e. The number of nitrogen functional groups attached to an aromatic ring is 1. The molecule has 2 aromatic rings. The van der Waals surface area contributed by atoms with Crippen molar-refractivity contribution in [2.75, 3.05) is 5.73 Å². The van der Waals surface area contributed by atoms with Crippen molar-refractivity contribution in [3.05, 3.63) is 44.8 Å². The van der Waals surface area contributed by atoms with E-state index in [1.807, 2.05) is 12.2 Å². The normalized spacial score (nSPS) is 11.3. The fourth-order valence-corrected chi connectivity index (χ4v) is 2.34. The van der Waals surface area contributed by atoms with Crippen LogP contribution in [0, 0.1) is 0 Å². The van der Waals surface area contributed by atoms with Crippen molar-refractivity contribution in [2.45, 2.75) is 13.0 Å². The standard InChI is InChI=1S/C11H12N4O2S/c1-2-3-4-5-6-15-8-7(18-11(15)17)9(16)14-10(12)13-8/h2,4-5H,1,3,6H2,(H3,12,13,14,16)/b5-4-. The number of nitrogens with one attached hydrogen (secondary N) is 1. The van der Waals surface area contributed by atoms with Gasteiger partial charge in [0, 0.05) is 6.54 Å². The molecule has 0 fully saturated rings. The van der Waals surface area contributed by atoms with Crippen molar-refractivity contribution < 1.29 is 0 Å². The maximum atomic E-state index is 11.8. The van der Waals surface area contributed by atoms with Gasteiger partial charge in [0.2, 0.25) is 5.95 Å². The number of nitrogens with zero attached hydrogens (tertiary/aromatic N) is 2. The summed E-state index contributed by atoms with van der Waals surface area (Å²) in [4.78, 5) is 29.5. The van der Waals surface area contributed by atoms with Gasteiger partial charge in [0.1, 0.15) is 4.70 Å². The summed E-state index contributed by atoms with van der Waals surface area (Å²) in [6.07, 6.45) is 6.20.